The first-order valence-corrected chi connectivity index (χ1v) is 4.47. The Bertz CT molecular complexity index is 196. The number of nitrogens with one attached hydrogen (secondary N) is 1. The predicted molar refractivity (Wildman–Crippen MR) is 49.2 cm³/mol. The van der Waals surface area contributed by atoms with E-state index in [9.17, 15) is 9.59 Å². The number of rotatable bonds is 7. The molecule has 0 rings (SSSR count). The van der Waals surface area contributed by atoms with E-state index < -0.39 is 24.5 Å². The molecule has 14 heavy (non-hydrogen) atoms. The maximum absolute atomic E-state index is 11.1. The van der Waals surface area contributed by atoms with Crippen LogP contribution in [0.5, 0.6) is 0 Å². The maximum Gasteiger partial charge on any atom is 0.332 e. The highest BCUT2D eigenvalue weighted by atomic mass is 16.7. The Balaban J connectivity index is 3.56. The van der Waals surface area contributed by atoms with Crippen molar-refractivity contribution in [1.82, 2.24) is 5.48 Å². The van der Waals surface area contributed by atoms with Crippen LogP contribution in [0.1, 0.15) is 26.2 Å². The van der Waals surface area contributed by atoms with Crippen LogP contribution >= 0.6 is 0 Å². The molecule has 0 aromatic heterocycles. The Morgan fingerprint density at radius 3 is 2.71 bits per heavy atom. The molecule has 1 unspecified atom stereocenters. The van der Waals surface area contributed by atoms with Crippen molar-refractivity contribution < 1.29 is 19.5 Å². The Morgan fingerprint density at radius 1 is 1.57 bits per heavy atom. The Morgan fingerprint density at radius 2 is 2.21 bits per heavy atom. The first-order valence-electron chi connectivity index (χ1n) is 4.47. The van der Waals surface area contributed by atoms with Gasteiger partial charge in [0.1, 0.15) is 0 Å². The van der Waals surface area contributed by atoms with Gasteiger partial charge in [0, 0.05) is 0 Å². The summed E-state index contributed by atoms with van der Waals surface area (Å²) in [6.07, 6.45) is 2.38. The smallest absolute Gasteiger partial charge is 0.332 e. The zero-order valence-electron chi connectivity index (χ0n) is 8.16. The molecule has 0 spiro atoms. The molecule has 82 valence electrons. The van der Waals surface area contributed by atoms with E-state index in [1.165, 1.54) is 0 Å². The van der Waals surface area contributed by atoms with Gasteiger partial charge < -0.3 is 10.8 Å². The number of carboxylic acid groups (broad SMARTS) is 1. The van der Waals surface area contributed by atoms with Crippen LogP contribution in [0.3, 0.4) is 0 Å². The van der Waals surface area contributed by atoms with Crippen molar-refractivity contribution in [2.24, 2.45) is 5.73 Å². The zero-order valence-corrected chi connectivity index (χ0v) is 8.16. The van der Waals surface area contributed by atoms with Gasteiger partial charge in [-0.15, -0.1) is 0 Å². The van der Waals surface area contributed by atoms with E-state index in [0.717, 1.165) is 12.8 Å². The summed E-state index contributed by atoms with van der Waals surface area (Å²) in [6.45, 7) is 1.43. The third kappa shape index (κ3) is 6.38. The zero-order chi connectivity index (χ0) is 11.0. The van der Waals surface area contributed by atoms with Gasteiger partial charge in [-0.2, -0.15) is 0 Å². The number of hydroxylamine groups is 1. The van der Waals surface area contributed by atoms with E-state index >= 15 is 0 Å². The number of hydrogen-bond acceptors (Lipinski definition) is 4. The Kier molecular flexibility index (Phi) is 6.69. The van der Waals surface area contributed by atoms with Gasteiger partial charge in [-0.1, -0.05) is 19.8 Å². The lowest BCUT2D eigenvalue weighted by Crippen LogP contribution is -2.41. The number of hydrogen-bond donors (Lipinski definition) is 3. The monoisotopic (exact) mass is 204 g/mol. The summed E-state index contributed by atoms with van der Waals surface area (Å²) in [4.78, 5) is 25.5. The van der Waals surface area contributed by atoms with Crippen LogP contribution in [0.25, 0.3) is 0 Å². The fraction of sp³-hybridized carbons (Fsp3) is 0.750. The number of carbonyl (C=O) groups excluding carboxylic acids is 1. The lowest BCUT2D eigenvalue weighted by Gasteiger charge is -2.10. The van der Waals surface area contributed by atoms with Gasteiger partial charge in [0.2, 0.25) is 0 Å². The first kappa shape index (κ1) is 12.9. The molecule has 0 fully saturated rings. The molecule has 0 bridgehead atoms. The normalized spacial score (nSPS) is 12.1. The highest BCUT2D eigenvalue weighted by Gasteiger charge is 2.12. The topological polar surface area (TPSA) is 102 Å². The van der Waals surface area contributed by atoms with Crippen LogP contribution < -0.4 is 11.2 Å². The molecule has 0 aliphatic rings. The molecule has 6 heteroatoms. The van der Waals surface area contributed by atoms with E-state index in [0.29, 0.717) is 6.42 Å². The summed E-state index contributed by atoms with van der Waals surface area (Å²) in [5, 5.41) is 8.20. The SMILES string of the molecule is CCCCC(N)C(=O)NOCC(=O)O. The van der Waals surface area contributed by atoms with E-state index in [1.807, 2.05) is 12.4 Å². The molecule has 0 aliphatic heterocycles. The van der Waals surface area contributed by atoms with Crippen molar-refractivity contribution in [2.75, 3.05) is 6.61 Å². The van der Waals surface area contributed by atoms with Gasteiger partial charge in [0.05, 0.1) is 6.04 Å². The summed E-state index contributed by atoms with van der Waals surface area (Å²) < 4.78 is 0. The second kappa shape index (κ2) is 7.28. The van der Waals surface area contributed by atoms with Gasteiger partial charge in [-0.25, -0.2) is 10.3 Å². The van der Waals surface area contributed by atoms with Gasteiger partial charge >= 0.3 is 5.97 Å². The van der Waals surface area contributed by atoms with Crippen molar-refractivity contribution in [3.63, 3.8) is 0 Å². The molecule has 4 N–H and O–H groups in total. The van der Waals surface area contributed by atoms with Crippen LogP contribution in [0.15, 0.2) is 0 Å². The molecule has 0 saturated carbocycles. The van der Waals surface area contributed by atoms with E-state index in [4.69, 9.17) is 10.8 Å². The third-order valence-electron chi connectivity index (χ3n) is 1.57. The summed E-state index contributed by atoms with van der Waals surface area (Å²) in [7, 11) is 0. The summed E-state index contributed by atoms with van der Waals surface area (Å²) >= 11 is 0. The summed E-state index contributed by atoms with van der Waals surface area (Å²) in [6, 6.07) is -0.635. The molecule has 0 aliphatic carbocycles. The van der Waals surface area contributed by atoms with Crippen LogP contribution in [-0.4, -0.2) is 29.6 Å². The second-order valence-electron chi connectivity index (χ2n) is 2.90. The van der Waals surface area contributed by atoms with Crippen molar-refractivity contribution >= 4 is 11.9 Å². The molecule has 0 aromatic carbocycles. The fourth-order valence-electron chi connectivity index (χ4n) is 0.800. The highest BCUT2D eigenvalue weighted by Crippen LogP contribution is 1.97. The van der Waals surface area contributed by atoms with Crippen LogP contribution in [0.2, 0.25) is 0 Å². The molecule has 1 atom stereocenters. The third-order valence-corrected chi connectivity index (χ3v) is 1.57. The summed E-state index contributed by atoms with van der Waals surface area (Å²) in [5.41, 5.74) is 7.46. The number of unbranched alkanes of at least 4 members (excludes halogenated alkanes) is 1. The largest absolute Gasteiger partial charge is 0.479 e. The van der Waals surface area contributed by atoms with Crippen LogP contribution in [-0.2, 0) is 14.4 Å². The van der Waals surface area contributed by atoms with Crippen LogP contribution in [0, 0.1) is 0 Å². The quantitative estimate of drug-likeness (QED) is 0.491. The highest BCUT2D eigenvalue weighted by molar-refractivity contribution is 5.80. The van der Waals surface area contributed by atoms with E-state index in [-0.39, 0.29) is 0 Å². The minimum atomic E-state index is -1.15. The lowest BCUT2D eigenvalue weighted by atomic mass is 10.1. The molecule has 0 aromatic rings. The van der Waals surface area contributed by atoms with E-state index in [2.05, 4.69) is 4.84 Å². The lowest BCUT2D eigenvalue weighted by molar-refractivity contribution is -0.149. The van der Waals surface area contributed by atoms with Gasteiger partial charge in [-0.05, 0) is 6.42 Å². The average molecular weight is 204 g/mol. The number of carboxylic acids is 1. The summed E-state index contributed by atoms with van der Waals surface area (Å²) in [5.74, 6) is -1.63. The molecule has 1 amide bonds. The van der Waals surface area contributed by atoms with Crippen molar-refractivity contribution in [2.45, 2.75) is 32.2 Å². The number of carbonyl (C=O) groups is 2. The number of nitrogens with two attached hydrogens (primary N) is 1. The number of aliphatic carboxylic acids is 1. The van der Waals surface area contributed by atoms with Crippen molar-refractivity contribution in [1.29, 1.82) is 0 Å². The minimum absolute atomic E-state index is 0.486. The van der Waals surface area contributed by atoms with Gasteiger partial charge in [-0.3, -0.25) is 9.63 Å². The molecular formula is C8H16N2O4. The molecule has 0 heterocycles. The van der Waals surface area contributed by atoms with Gasteiger partial charge in [0.25, 0.3) is 5.91 Å². The second-order valence-corrected chi connectivity index (χ2v) is 2.90. The van der Waals surface area contributed by atoms with E-state index in [1.54, 1.807) is 0 Å². The predicted octanol–water partition coefficient (Wildman–Crippen LogP) is -0.364. The van der Waals surface area contributed by atoms with Gasteiger partial charge in [0.15, 0.2) is 6.61 Å². The maximum atomic E-state index is 11.1. The van der Waals surface area contributed by atoms with Crippen LogP contribution in [0.4, 0.5) is 0 Å². The standard InChI is InChI=1S/C8H16N2O4/c1-2-3-4-6(9)8(13)10-14-5-7(11)12/h6H,2-5,9H2,1H3,(H,10,13)(H,11,12). The first-order chi connectivity index (χ1) is 6.57. The average Bonchev–Trinajstić information content (AvgIpc) is 2.13. The van der Waals surface area contributed by atoms with Crippen molar-refractivity contribution in [3.05, 3.63) is 0 Å². The molecule has 6 nitrogen and oxygen atoms in total. The van der Waals surface area contributed by atoms with Crippen molar-refractivity contribution in [3.8, 4) is 0 Å². The fourth-order valence-corrected chi connectivity index (χ4v) is 0.800. The Labute approximate surface area is 82.4 Å². The molecular weight excluding hydrogens is 188 g/mol. The molecule has 0 radical (unpaired) electrons. The Hall–Kier alpha value is -1.14. The molecule has 0 saturated heterocycles. The minimum Gasteiger partial charge on any atom is -0.479 e. The number of amides is 1.